The lowest BCUT2D eigenvalue weighted by atomic mass is 10.0. The summed E-state index contributed by atoms with van der Waals surface area (Å²) in [7, 11) is 0. The summed E-state index contributed by atoms with van der Waals surface area (Å²) in [6, 6.07) is 0. The Morgan fingerprint density at radius 2 is 2.08 bits per heavy atom. The molecule has 6 N–H and O–H groups in total. The summed E-state index contributed by atoms with van der Waals surface area (Å²) < 4.78 is 0. The Bertz CT molecular complexity index is 119. The highest BCUT2D eigenvalue weighted by atomic mass is 16.3. The van der Waals surface area contributed by atoms with E-state index < -0.39 is 11.8 Å². The topological polar surface area (TPSA) is 98.7 Å². The maximum absolute atomic E-state index is 9.33. The molecule has 5 heteroatoms. The van der Waals surface area contributed by atoms with E-state index in [2.05, 4.69) is 5.32 Å². The molecule has 0 bridgehead atoms. The van der Waals surface area contributed by atoms with Gasteiger partial charge in [0.25, 0.3) is 0 Å². The van der Waals surface area contributed by atoms with Crippen LogP contribution in [0.25, 0.3) is 0 Å². The molecule has 0 radical (unpaired) electrons. The largest absolute Gasteiger partial charge is 0.396 e. The van der Waals surface area contributed by atoms with Crippen molar-refractivity contribution in [2.75, 3.05) is 19.8 Å². The van der Waals surface area contributed by atoms with Crippen LogP contribution in [0.2, 0.25) is 0 Å². The molecule has 2 unspecified atom stereocenters. The highest BCUT2D eigenvalue weighted by molar-refractivity contribution is 4.84. The second-order valence-corrected chi connectivity index (χ2v) is 3.10. The summed E-state index contributed by atoms with van der Waals surface area (Å²) in [5.74, 6) is 0. The minimum absolute atomic E-state index is 0.0696. The first kappa shape index (κ1) is 11.8. The maximum atomic E-state index is 9.33. The molecule has 0 amide bonds. The SMILES string of the molecule is CC(N)(CO)C(O)NCCCO. The zero-order valence-electron chi connectivity index (χ0n) is 7.32. The third-order valence-corrected chi connectivity index (χ3v) is 1.64. The van der Waals surface area contributed by atoms with Crippen molar-refractivity contribution in [1.82, 2.24) is 5.32 Å². The van der Waals surface area contributed by atoms with E-state index >= 15 is 0 Å². The lowest BCUT2D eigenvalue weighted by molar-refractivity contribution is 0.0286. The second-order valence-electron chi connectivity index (χ2n) is 3.10. The van der Waals surface area contributed by atoms with Crippen LogP contribution in [0.1, 0.15) is 13.3 Å². The summed E-state index contributed by atoms with van der Waals surface area (Å²) in [6.07, 6.45) is -0.396. The first-order valence-corrected chi connectivity index (χ1v) is 3.96. The predicted molar refractivity (Wildman–Crippen MR) is 45.4 cm³/mol. The molecule has 5 nitrogen and oxygen atoms in total. The summed E-state index contributed by atoms with van der Waals surface area (Å²) in [5, 5.41) is 29.2. The first-order valence-electron chi connectivity index (χ1n) is 3.96. The normalized spacial score (nSPS) is 18.8. The fourth-order valence-electron chi connectivity index (χ4n) is 0.637. The molecule has 0 saturated carbocycles. The van der Waals surface area contributed by atoms with Gasteiger partial charge < -0.3 is 21.1 Å². The van der Waals surface area contributed by atoms with Gasteiger partial charge in [0.2, 0.25) is 0 Å². The molecule has 0 fully saturated rings. The molecule has 0 aliphatic carbocycles. The van der Waals surface area contributed by atoms with Crippen molar-refractivity contribution >= 4 is 0 Å². The number of aliphatic hydroxyl groups is 3. The Morgan fingerprint density at radius 1 is 1.50 bits per heavy atom. The molecule has 0 rings (SSSR count). The lowest BCUT2D eigenvalue weighted by Crippen LogP contribution is -2.57. The molecule has 0 spiro atoms. The van der Waals surface area contributed by atoms with Crippen LogP contribution in [0, 0.1) is 0 Å². The van der Waals surface area contributed by atoms with Gasteiger partial charge in [-0.2, -0.15) is 0 Å². The van der Waals surface area contributed by atoms with Crippen LogP contribution < -0.4 is 11.1 Å². The second kappa shape index (κ2) is 5.45. The first-order chi connectivity index (χ1) is 5.54. The molecular formula is C7H18N2O3. The predicted octanol–water partition coefficient (Wildman–Crippen LogP) is -2.01. The van der Waals surface area contributed by atoms with Crippen LogP contribution in [-0.2, 0) is 0 Å². The number of nitrogens with one attached hydrogen (secondary N) is 1. The van der Waals surface area contributed by atoms with Crippen molar-refractivity contribution in [3.05, 3.63) is 0 Å². The zero-order chi connectivity index (χ0) is 9.61. The van der Waals surface area contributed by atoms with Gasteiger partial charge in [0.05, 0.1) is 12.1 Å². The lowest BCUT2D eigenvalue weighted by Gasteiger charge is -2.28. The molecule has 0 aliphatic rings. The summed E-state index contributed by atoms with van der Waals surface area (Å²) in [4.78, 5) is 0. The van der Waals surface area contributed by atoms with Gasteiger partial charge in [-0.05, 0) is 19.9 Å². The quantitative estimate of drug-likeness (QED) is 0.239. The third kappa shape index (κ3) is 3.99. The van der Waals surface area contributed by atoms with E-state index in [1.54, 1.807) is 6.92 Å². The average Bonchev–Trinajstić information content (AvgIpc) is 2.05. The highest BCUT2D eigenvalue weighted by Crippen LogP contribution is 2.01. The Balaban J connectivity index is 3.63. The highest BCUT2D eigenvalue weighted by Gasteiger charge is 2.26. The Kier molecular flexibility index (Phi) is 5.36. The van der Waals surface area contributed by atoms with E-state index in [9.17, 15) is 5.11 Å². The minimum Gasteiger partial charge on any atom is -0.396 e. The number of aliphatic hydroxyl groups excluding tert-OH is 3. The molecule has 0 heterocycles. The van der Waals surface area contributed by atoms with Crippen molar-refractivity contribution in [2.45, 2.75) is 25.1 Å². The molecule has 0 aliphatic heterocycles. The maximum Gasteiger partial charge on any atom is 0.125 e. The molecule has 0 aromatic rings. The number of nitrogens with two attached hydrogens (primary N) is 1. The summed E-state index contributed by atoms with van der Waals surface area (Å²) >= 11 is 0. The van der Waals surface area contributed by atoms with Crippen molar-refractivity contribution < 1.29 is 15.3 Å². The summed E-state index contributed by atoms with van der Waals surface area (Å²) in [5.41, 5.74) is 4.48. The fourth-order valence-corrected chi connectivity index (χ4v) is 0.637. The standard InChI is InChI=1S/C7H18N2O3/c1-7(8,5-11)6(12)9-3-2-4-10/h6,9-12H,2-5,8H2,1H3. The Hall–Kier alpha value is -0.200. The van der Waals surface area contributed by atoms with Gasteiger partial charge in [0, 0.05) is 6.61 Å². The average molecular weight is 178 g/mol. The van der Waals surface area contributed by atoms with E-state index in [-0.39, 0.29) is 13.2 Å². The van der Waals surface area contributed by atoms with Crippen molar-refractivity contribution in [2.24, 2.45) is 5.73 Å². The van der Waals surface area contributed by atoms with Crippen LogP contribution in [0.15, 0.2) is 0 Å². The molecular weight excluding hydrogens is 160 g/mol. The van der Waals surface area contributed by atoms with E-state index in [1.165, 1.54) is 0 Å². The summed E-state index contributed by atoms with van der Waals surface area (Å²) in [6.45, 7) is 1.80. The Labute approximate surface area is 72.2 Å². The van der Waals surface area contributed by atoms with E-state index in [0.29, 0.717) is 13.0 Å². The van der Waals surface area contributed by atoms with Crippen LogP contribution in [0.4, 0.5) is 0 Å². The molecule has 0 aromatic carbocycles. The van der Waals surface area contributed by atoms with Gasteiger partial charge in [0.1, 0.15) is 6.23 Å². The molecule has 2 atom stereocenters. The third-order valence-electron chi connectivity index (χ3n) is 1.64. The van der Waals surface area contributed by atoms with Crippen molar-refractivity contribution in [1.29, 1.82) is 0 Å². The van der Waals surface area contributed by atoms with Gasteiger partial charge in [-0.1, -0.05) is 0 Å². The van der Waals surface area contributed by atoms with Gasteiger partial charge in [-0.3, -0.25) is 5.32 Å². The monoisotopic (exact) mass is 178 g/mol. The van der Waals surface area contributed by atoms with Crippen molar-refractivity contribution in [3.8, 4) is 0 Å². The number of rotatable bonds is 6. The molecule has 74 valence electrons. The minimum atomic E-state index is -1.03. The van der Waals surface area contributed by atoms with Crippen molar-refractivity contribution in [3.63, 3.8) is 0 Å². The van der Waals surface area contributed by atoms with Crippen LogP contribution in [0.5, 0.6) is 0 Å². The van der Waals surface area contributed by atoms with E-state index in [1.807, 2.05) is 0 Å². The molecule has 12 heavy (non-hydrogen) atoms. The Morgan fingerprint density at radius 3 is 2.50 bits per heavy atom. The van der Waals surface area contributed by atoms with Gasteiger partial charge >= 0.3 is 0 Å². The van der Waals surface area contributed by atoms with Crippen LogP contribution >= 0.6 is 0 Å². The van der Waals surface area contributed by atoms with Gasteiger partial charge in [-0.25, -0.2) is 0 Å². The fraction of sp³-hybridized carbons (Fsp3) is 1.00. The van der Waals surface area contributed by atoms with Crippen LogP contribution in [0.3, 0.4) is 0 Å². The number of hydrogen-bond donors (Lipinski definition) is 5. The van der Waals surface area contributed by atoms with Gasteiger partial charge in [0.15, 0.2) is 0 Å². The van der Waals surface area contributed by atoms with Crippen LogP contribution in [-0.4, -0.2) is 46.8 Å². The van der Waals surface area contributed by atoms with E-state index in [4.69, 9.17) is 15.9 Å². The smallest absolute Gasteiger partial charge is 0.125 e. The van der Waals surface area contributed by atoms with Gasteiger partial charge in [-0.15, -0.1) is 0 Å². The number of hydrogen-bond acceptors (Lipinski definition) is 5. The van der Waals surface area contributed by atoms with E-state index in [0.717, 1.165) is 0 Å². The molecule has 0 aromatic heterocycles. The molecule has 0 saturated heterocycles. The zero-order valence-corrected chi connectivity index (χ0v) is 7.32.